The van der Waals surface area contributed by atoms with Gasteiger partial charge in [0.25, 0.3) is 5.91 Å². The van der Waals surface area contributed by atoms with Crippen molar-refractivity contribution in [3.63, 3.8) is 0 Å². The Morgan fingerprint density at radius 2 is 1.96 bits per heavy atom. The number of para-hydroxylation sites is 1. The lowest BCUT2D eigenvalue weighted by Gasteiger charge is -2.10. The highest BCUT2D eigenvalue weighted by atomic mass is 16.1. The number of carbonyl (C=O) groups is 1. The second-order valence-electron chi connectivity index (χ2n) is 5.92. The van der Waals surface area contributed by atoms with Crippen LogP contribution in [0, 0.1) is 18.3 Å². The fourth-order valence-corrected chi connectivity index (χ4v) is 2.58. The Morgan fingerprint density at radius 1 is 1.12 bits per heavy atom. The number of nitrogens with zero attached hydrogens (tertiary/aromatic N) is 2. The number of pyridine rings is 1. The van der Waals surface area contributed by atoms with E-state index in [2.05, 4.69) is 21.7 Å². The van der Waals surface area contributed by atoms with Gasteiger partial charge < -0.3 is 10.6 Å². The van der Waals surface area contributed by atoms with E-state index in [0.717, 1.165) is 11.1 Å². The van der Waals surface area contributed by atoms with Gasteiger partial charge in [-0.2, -0.15) is 5.26 Å². The fraction of sp³-hybridized carbons (Fsp3) is 0.0952. The predicted octanol–water partition coefficient (Wildman–Crippen LogP) is 3.94. The van der Waals surface area contributed by atoms with Crippen LogP contribution in [-0.4, -0.2) is 10.9 Å². The van der Waals surface area contributed by atoms with Crippen molar-refractivity contribution in [2.45, 2.75) is 13.5 Å². The van der Waals surface area contributed by atoms with Crippen molar-refractivity contribution in [3.05, 3.63) is 89.2 Å². The molecule has 0 radical (unpaired) electrons. The summed E-state index contributed by atoms with van der Waals surface area (Å²) >= 11 is 0. The normalized spacial score (nSPS) is 10.0. The number of nitriles is 1. The minimum atomic E-state index is -0.198. The monoisotopic (exact) mass is 342 g/mol. The molecule has 0 unspecified atom stereocenters. The molecule has 1 amide bonds. The maximum atomic E-state index is 12.4. The van der Waals surface area contributed by atoms with Gasteiger partial charge in [-0.3, -0.25) is 9.78 Å². The Kier molecular flexibility index (Phi) is 5.25. The summed E-state index contributed by atoms with van der Waals surface area (Å²) in [6, 6.07) is 19.0. The van der Waals surface area contributed by atoms with Crippen LogP contribution in [0.2, 0.25) is 0 Å². The van der Waals surface area contributed by atoms with Crippen LogP contribution in [0.25, 0.3) is 0 Å². The molecule has 2 aromatic carbocycles. The molecule has 128 valence electrons. The highest BCUT2D eigenvalue weighted by Gasteiger charge is 2.08. The molecule has 5 nitrogen and oxygen atoms in total. The first-order valence-electron chi connectivity index (χ1n) is 8.20. The van der Waals surface area contributed by atoms with E-state index in [9.17, 15) is 4.79 Å². The topological polar surface area (TPSA) is 77.8 Å². The van der Waals surface area contributed by atoms with Gasteiger partial charge in [-0.05, 0) is 30.7 Å². The van der Waals surface area contributed by atoms with E-state index in [1.807, 2.05) is 43.3 Å². The third-order valence-electron chi connectivity index (χ3n) is 3.86. The van der Waals surface area contributed by atoms with Crippen LogP contribution < -0.4 is 10.6 Å². The lowest BCUT2D eigenvalue weighted by atomic mass is 10.1. The van der Waals surface area contributed by atoms with Gasteiger partial charge in [0.05, 0.1) is 28.7 Å². The van der Waals surface area contributed by atoms with Crippen molar-refractivity contribution in [3.8, 4) is 6.07 Å². The van der Waals surface area contributed by atoms with Crippen LogP contribution in [0.4, 0.5) is 11.4 Å². The Bertz CT molecular complexity index is 975. The van der Waals surface area contributed by atoms with Gasteiger partial charge in [0.15, 0.2) is 0 Å². The molecule has 0 spiro atoms. The number of carbonyl (C=O) groups excluding carboxylic acids is 1. The molecule has 1 aromatic heterocycles. The van der Waals surface area contributed by atoms with E-state index in [4.69, 9.17) is 5.26 Å². The first kappa shape index (κ1) is 17.2. The van der Waals surface area contributed by atoms with Gasteiger partial charge in [0.2, 0.25) is 0 Å². The van der Waals surface area contributed by atoms with E-state index in [0.29, 0.717) is 29.0 Å². The maximum absolute atomic E-state index is 12.4. The SMILES string of the molecule is Cc1cccc(CNC(=O)c2cncc(Nc3ccccc3C#N)c2)c1. The third-order valence-corrected chi connectivity index (χ3v) is 3.86. The zero-order chi connectivity index (χ0) is 18.4. The summed E-state index contributed by atoms with van der Waals surface area (Å²) in [6.07, 6.45) is 3.14. The average molecular weight is 342 g/mol. The number of nitrogens with one attached hydrogen (secondary N) is 2. The fourth-order valence-electron chi connectivity index (χ4n) is 2.58. The van der Waals surface area contributed by atoms with Crippen molar-refractivity contribution >= 4 is 17.3 Å². The first-order chi connectivity index (χ1) is 12.7. The molecule has 0 saturated heterocycles. The van der Waals surface area contributed by atoms with Gasteiger partial charge in [0, 0.05) is 12.7 Å². The Morgan fingerprint density at radius 3 is 2.77 bits per heavy atom. The minimum absolute atomic E-state index is 0.198. The van der Waals surface area contributed by atoms with Crippen molar-refractivity contribution in [1.29, 1.82) is 5.26 Å². The number of hydrogen-bond donors (Lipinski definition) is 2. The Labute approximate surface area is 152 Å². The van der Waals surface area contributed by atoms with Crippen molar-refractivity contribution in [1.82, 2.24) is 10.3 Å². The van der Waals surface area contributed by atoms with E-state index in [-0.39, 0.29) is 5.91 Å². The molecule has 0 bridgehead atoms. The smallest absolute Gasteiger partial charge is 0.253 e. The summed E-state index contributed by atoms with van der Waals surface area (Å²) in [5.41, 5.74) is 4.51. The summed E-state index contributed by atoms with van der Waals surface area (Å²) in [7, 11) is 0. The number of rotatable bonds is 5. The van der Waals surface area contributed by atoms with Crippen LogP contribution >= 0.6 is 0 Å². The molecule has 0 aliphatic carbocycles. The van der Waals surface area contributed by atoms with E-state index in [1.54, 1.807) is 24.4 Å². The number of anilines is 2. The van der Waals surface area contributed by atoms with Crippen LogP contribution in [0.15, 0.2) is 67.0 Å². The Hall–Kier alpha value is -3.65. The molecule has 3 rings (SSSR count). The Balaban J connectivity index is 1.70. The molecule has 3 aromatic rings. The summed E-state index contributed by atoms with van der Waals surface area (Å²) in [4.78, 5) is 16.5. The quantitative estimate of drug-likeness (QED) is 0.736. The number of hydrogen-bond acceptors (Lipinski definition) is 4. The van der Waals surface area contributed by atoms with Crippen molar-refractivity contribution in [2.24, 2.45) is 0 Å². The standard InChI is InChI=1S/C21H18N4O/c1-15-5-4-6-16(9-15)12-24-21(26)18-10-19(14-23-13-18)25-20-8-3-2-7-17(20)11-22/h2-10,13-14,25H,12H2,1H3,(H,24,26). The van der Waals surface area contributed by atoms with Crippen LogP contribution in [0.3, 0.4) is 0 Å². The molecular formula is C21H18N4O. The lowest BCUT2D eigenvalue weighted by molar-refractivity contribution is 0.0950. The number of aromatic nitrogens is 1. The number of benzene rings is 2. The zero-order valence-corrected chi connectivity index (χ0v) is 14.4. The van der Waals surface area contributed by atoms with Gasteiger partial charge in [-0.15, -0.1) is 0 Å². The van der Waals surface area contributed by atoms with E-state index in [1.165, 1.54) is 6.20 Å². The van der Waals surface area contributed by atoms with Crippen LogP contribution in [-0.2, 0) is 6.54 Å². The van der Waals surface area contributed by atoms with Crippen molar-refractivity contribution in [2.75, 3.05) is 5.32 Å². The second kappa shape index (κ2) is 7.95. The van der Waals surface area contributed by atoms with Gasteiger partial charge in [0.1, 0.15) is 6.07 Å². The molecule has 1 heterocycles. The van der Waals surface area contributed by atoms with Crippen molar-refractivity contribution < 1.29 is 4.79 Å². The molecular weight excluding hydrogens is 324 g/mol. The second-order valence-corrected chi connectivity index (χ2v) is 5.92. The molecule has 5 heteroatoms. The van der Waals surface area contributed by atoms with Gasteiger partial charge >= 0.3 is 0 Å². The number of amides is 1. The zero-order valence-electron chi connectivity index (χ0n) is 14.4. The van der Waals surface area contributed by atoms with Gasteiger partial charge in [-0.1, -0.05) is 42.0 Å². The van der Waals surface area contributed by atoms with Crippen LogP contribution in [0.5, 0.6) is 0 Å². The highest BCUT2D eigenvalue weighted by molar-refractivity contribution is 5.94. The largest absolute Gasteiger partial charge is 0.353 e. The minimum Gasteiger partial charge on any atom is -0.353 e. The molecule has 0 aliphatic rings. The maximum Gasteiger partial charge on any atom is 0.253 e. The average Bonchev–Trinajstić information content (AvgIpc) is 2.67. The summed E-state index contributed by atoms with van der Waals surface area (Å²) in [5, 5.41) is 15.2. The first-order valence-corrected chi connectivity index (χ1v) is 8.20. The highest BCUT2D eigenvalue weighted by Crippen LogP contribution is 2.20. The van der Waals surface area contributed by atoms with Crippen LogP contribution in [0.1, 0.15) is 27.0 Å². The molecule has 0 aliphatic heterocycles. The summed E-state index contributed by atoms with van der Waals surface area (Å²) < 4.78 is 0. The third kappa shape index (κ3) is 4.25. The molecule has 26 heavy (non-hydrogen) atoms. The molecule has 0 atom stereocenters. The molecule has 2 N–H and O–H groups in total. The molecule has 0 fully saturated rings. The number of aryl methyl sites for hydroxylation is 1. The summed E-state index contributed by atoms with van der Waals surface area (Å²) in [5.74, 6) is -0.198. The van der Waals surface area contributed by atoms with Gasteiger partial charge in [-0.25, -0.2) is 0 Å². The summed E-state index contributed by atoms with van der Waals surface area (Å²) in [6.45, 7) is 2.47. The van der Waals surface area contributed by atoms with E-state index >= 15 is 0 Å². The predicted molar refractivity (Wildman–Crippen MR) is 101 cm³/mol. The molecule has 0 saturated carbocycles. The van der Waals surface area contributed by atoms with E-state index < -0.39 is 0 Å². The lowest BCUT2D eigenvalue weighted by Crippen LogP contribution is -2.23.